The second kappa shape index (κ2) is 3.67. The van der Waals surface area contributed by atoms with Crippen molar-refractivity contribution < 1.29 is 8.78 Å². The first-order valence-corrected chi connectivity index (χ1v) is 6.10. The summed E-state index contributed by atoms with van der Waals surface area (Å²) in [6, 6.07) is 2.54. The summed E-state index contributed by atoms with van der Waals surface area (Å²) >= 11 is 0. The number of benzene rings is 1. The molecule has 3 rings (SSSR count). The maximum atomic E-state index is 13.9. The minimum Gasteiger partial charge on any atom is -0.369 e. The van der Waals surface area contributed by atoms with E-state index in [2.05, 4.69) is 11.9 Å². The van der Waals surface area contributed by atoms with Crippen LogP contribution in [0.25, 0.3) is 11.0 Å². The average molecular weight is 251 g/mol. The van der Waals surface area contributed by atoms with Gasteiger partial charge >= 0.3 is 0 Å². The van der Waals surface area contributed by atoms with Crippen LogP contribution >= 0.6 is 0 Å². The molecule has 5 heteroatoms. The lowest BCUT2D eigenvalue weighted by Gasteiger charge is -2.38. The smallest absolute Gasteiger partial charge is 0.201 e. The van der Waals surface area contributed by atoms with Crippen LogP contribution in [-0.2, 0) is 6.54 Å². The largest absolute Gasteiger partial charge is 0.369 e. The van der Waals surface area contributed by atoms with Crippen LogP contribution in [0.5, 0.6) is 0 Å². The Labute approximate surface area is 104 Å². The normalized spacial score (nSPS) is 17.9. The quantitative estimate of drug-likeness (QED) is 0.891. The van der Waals surface area contributed by atoms with Crippen LogP contribution in [-0.4, -0.2) is 9.55 Å². The highest BCUT2D eigenvalue weighted by Crippen LogP contribution is 2.43. The van der Waals surface area contributed by atoms with Gasteiger partial charge in [0.1, 0.15) is 5.52 Å². The highest BCUT2D eigenvalue weighted by atomic mass is 19.2. The average Bonchev–Trinajstić information content (AvgIpc) is 2.59. The Hall–Kier alpha value is -1.65. The summed E-state index contributed by atoms with van der Waals surface area (Å²) in [6.07, 6.45) is 3.35. The summed E-state index contributed by atoms with van der Waals surface area (Å²) in [7, 11) is 0. The first-order valence-electron chi connectivity index (χ1n) is 6.10. The SMILES string of the molecule is CC1(Cn2c(N)nc3ccc(F)c(F)c32)CCC1. The van der Waals surface area contributed by atoms with E-state index in [4.69, 9.17) is 5.73 Å². The lowest BCUT2D eigenvalue weighted by molar-refractivity contribution is 0.134. The molecular weight excluding hydrogens is 236 g/mol. The van der Waals surface area contributed by atoms with E-state index < -0.39 is 11.6 Å². The van der Waals surface area contributed by atoms with Crippen molar-refractivity contribution in [3.63, 3.8) is 0 Å². The van der Waals surface area contributed by atoms with Gasteiger partial charge in [0, 0.05) is 6.54 Å². The summed E-state index contributed by atoms with van der Waals surface area (Å²) in [4.78, 5) is 4.09. The molecule has 18 heavy (non-hydrogen) atoms. The van der Waals surface area contributed by atoms with E-state index in [1.54, 1.807) is 4.57 Å². The Kier molecular flexibility index (Phi) is 2.33. The molecule has 0 atom stereocenters. The fraction of sp³-hybridized carbons (Fsp3) is 0.462. The van der Waals surface area contributed by atoms with Crippen molar-refractivity contribution in [3.8, 4) is 0 Å². The molecule has 3 nitrogen and oxygen atoms in total. The molecule has 0 spiro atoms. The third kappa shape index (κ3) is 1.57. The molecule has 96 valence electrons. The molecular formula is C13H15F2N3. The van der Waals surface area contributed by atoms with Crippen LogP contribution in [0.2, 0.25) is 0 Å². The number of nitrogens with two attached hydrogens (primary N) is 1. The zero-order valence-electron chi connectivity index (χ0n) is 10.2. The topological polar surface area (TPSA) is 43.8 Å². The number of nitrogens with zero attached hydrogens (tertiary/aromatic N) is 2. The Morgan fingerprint density at radius 3 is 2.72 bits per heavy atom. The number of hydrogen-bond acceptors (Lipinski definition) is 2. The minimum absolute atomic E-state index is 0.126. The standard InChI is InChI=1S/C13H15F2N3/c1-13(5-2-6-13)7-18-11-9(17-12(18)16)4-3-8(14)10(11)15/h3-4H,2,5-7H2,1H3,(H2,16,17). The van der Waals surface area contributed by atoms with Crippen LogP contribution in [0.4, 0.5) is 14.7 Å². The van der Waals surface area contributed by atoms with Gasteiger partial charge in [-0.05, 0) is 30.4 Å². The van der Waals surface area contributed by atoms with Crippen molar-refractivity contribution in [3.05, 3.63) is 23.8 Å². The third-order valence-corrected chi connectivity index (χ3v) is 3.93. The van der Waals surface area contributed by atoms with Crippen LogP contribution < -0.4 is 5.73 Å². The van der Waals surface area contributed by atoms with Crippen molar-refractivity contribution in [1.29, 1.82) is 0 Å². The molecule has 0 aliphatic heterocycles. The van der Waals surface area contributed by atoms with Crippen LogP contribution in [0.15, 0.2) is 12.1 Å². The predicted octanol–water partition coefficient (Wildman–Crippen LogP) is 3.09. The Morgan fingerprint density at radius 2 is 2.11 bits per heavy atom. The monoisotopic (exact) mass is 251 g/mol. The predicted molar refractivity (Wildman–Crippen MR) is 66.0 cm³/mol. The lowest BCUT2D eigenvalue weighted by Crippen LogP contribution is -2.31. The Bertz CT molecular complexity index is 614. The van der Waals surface area contributed by atoms with Gasteiger partial charge in [-0.3, -0.25) is 0 Å². The van der Waals surface area contributed by atoms with E-state index in [0.29, 0.717) is 12.1 Å². The fourth-order valence-corrected chi connectivity index (χ4v) is 2.66. The minimum atomic E-state index is -0.861. The van der Waals surface area contributed by atoms with Gasteiger partial charge in [0.05, 0.1) is 5.52 Å². The van der Waals surface area contributed by atoms with E-state index in [-0.39, 0.29) is 16.9 Å². The molecule has 0 radical (unpaired) electrons. The van der Waals surface area contributed by atoms with Gasteiger partial charge in [-0.1, -0.05) is 13.3 Å². The Balaban J connectivity index is 2.15. The van der Waals surface area contributed by atoms with E-state index in [9.17, 15) is 8.78 Å². The number of rotatable bonds is 2. The maximum Gasteiger partial charge on any atom is 0.201 e. The summed E-state index contributed by atoms with van der Waals surface area (Å²) in [6.45, 7) is 2.73. The number of nitrogen functional groups attached to an aromatic ring is 1. The van der Waals surface area contributed by atoms with E-state index in [1.165, 1.54) is 12.5 Å². The van der Waals surface area contributed by atoms with E-state index in [0.717, 1.165) is 18.9 Å². The molecule has 0 unspecified atom stereocenters. The van der Waals surface area contributed by atoms with Gasteiger partial charge in [0.15, 0.2) is 11.6 Å². The first-order chi connectivity index (χ1) is 8.50. The molecule has 1 aliphatic carbocycles. The van der Waals surface area contributed by atoms with Gasteiger partial charge in [0.2, 0.25) is 5.95 Å². The number of fused-ring (bicyclic) bond motifs is 1. The van der Waals surface area contributed by atoms with E-state index >= 15 is 0 Å². The zero-order chi connectivity index (χ0) is 12.9. The molecule has 0 amide bonds. The van der Waals surface area contributed by atoms with Crippen molar-refractivity contribution in [1.82, 2.24) is 9.55 Å². The molecule has 2 N–H and O–H groups in total. The summed E-state index contributed by atoms with van der Waals surface area (Å²) < 4.78 is 28.8. The lowest BCUT2D eigenvalue weighted by atomic mass is 9.70. The van der Waals surface area contributed by atoms with Gasteiger partial charge in [-0.25, -0.2) is 13.8 Å². The fourth-order valence-electron chi connectivity index (χ4n) is 2.66. The van der Waals surface area contributed by atoms with Crippen molar-refractivity contribution >= 4 is 17.0 Å². The molecule has 0 saturated heterocycles. The van der Waals surface area contributed by atoms with Crippen molar-refractivity contribution in [2.75, 3.05) is 5.73 Å². The molecule has 1 aromatic carbocycles. The number of anilines is 1. The molecule has 1 saturated carbocycles. The Morgan fingerprint density at radius 1 is 1.39 bits per heavy atom. The number of halogens is 2. The summed E-state index contributed by atoms with van der Waals surface area (Å²) in [5.41, 5.74) is 6.54. The maximum absolute atomic E-state index is 13.9. The second-order valence-electron chi connectivity index (χ2n) is 5.45. The summed E-state index contributed by atoms with van der Waals surface area (Å²) in [5, 5.41) is 0. The molecule has 1 aromatic heterocycles. The molecule has 1 aliphatic rings. The van der Waals surface area contributed by atoms with Crippen LogP contribution in [0, 0.1) is 17.0 Å². The number of aromatic nitrogens is 2. The van der Waals surface area contributed by atoms with Gasteiger partial charge in [-0.15, -0.1) is 0 Å². The zero-order valence-corrected chi connectivity index (χ0v) is 10.2. The molecule has 1 fully saturated rings. The van der Waals surface area contributed by atoms with Gasteiger partial charge in [-0.2, -0.15) is 0 Å². The number of hydrogen-bond donors (Lipinski definition) is 1. The van der Waals surface area contributed by atoms with Crippen molar-refractivity contribution in [2.24, 2.45) is 5.41 Å². The number of imidazole rings is 1. The third-order valence-electron chi connectivity index (χ3n) is 3.93. The molecule has 1 heterocycles. The van der Waals surface area contributed by atoms with Crippen LogP contribution in [0.1, 0.15) is 26.2 Å². The highest BCUT2D eigenvalue weighted by molar-refractivity contribution is 5.79. The van der Waals surface area contributed by atoms with Gasteiger partial charge < -0.3 is 10.3 Å². The second-order valence-corrected chi connectivity index (χ2v) is 5.45. The van der Waals surface area contributed by atoms with E-state index in [1.807, 2.05) is 0 Å². The first kappa shape index (κ1) is 11.4. The van der Waals surface area contributed by atoms with Gasteiger partial charge in [0.25, 0.3) is 0 Å². The molecule has 0 bridgehead atoms. The van der Waals surface area contributed by atoms with Crippen molar-refractivity contribution in [2.45, 2.75) is 32.7 Å². The van der Waals surface area contributed by atoms with Crippen LogP contribution in [0.3, 0.4) is 0 Å². The molecule has 2 aromatic rings. The summed E-state index contributed by atoms with van der Waals surface area (Å²) in [5.74, 6) is -1.47. The highest BCUT2D eigenvalue weighted by Gasteiger charge is 2.33.